The predicted octanol–water partition coefficient (Wildman–Crippen LogP) is 4.27. The van der Waals surface area contributed by atoms with Gasteiger partial charge in [0.1, 0.15) is 12.2 Å². The van der Waals surface area contributed by atoms with Crippen LogP contribution in [0.2, 0.25) is 0 Å². The van der Waals surface area contributed by atoms with Crippen molar-refractivity contribution in [3.8, 4) is 0 Å². The molecule has 11 heteroatoms. The first-order chi connectivity index (χ1) is 20.0. The molecule has 1 amide bonds. The van der Waals surface area contributed by atoms with Gasteiger partial charge in [-0.1, -0.05) is 60.7 Å². The van der Waals surface area contributed by atoms with Crippen LogP contribution < -0.4 is 11.1 Å². The zero-order valence-corrected chi connectivity index (χ0v) is 24.7. The number of alkyl carbamates (subject to hydrolysis) is 1. The van der Waals surface area contributed by atoms with Crippen LogP contribution in [-0.4, -0.2) is 67.7 Å². The van der Waals surface area contributed by atoms with E-state index < -0.39 is 71.6 Å². The van der Waals surface area contributed by atoms with Crippen molar-refractivity contribution in [2.75, 3.05) is 19.5 Å². The Morgan fingerprint density at radius 2 is 1.48 bits per heavy atom. The predicted molar refractivity (Wildman–Crippen MR) is 159 cm³/mol. The minimum Gasteiger partial charge on any atom is -0.453 e. The Kier molecular flexibility index (Phi) is 11.6. The van der Waals surface area contributed by atoms with Gasteiger partial charge in [0.05, 0.1) is 24.7 Å². The van der Waals surface area contributed by atoms with Gasteiger partial charge in [0.15, 0.2) is 5.78 Å². The summed E-state index contributed by atoms with van der Waals surface area (Å²) in [6, 6.07) is 20.7. The fraction of sp³-hybridized carbons (Fsp3) is 0.355. The number of aliphatic hydroxyl groups is 1. The number of sulfonamides is 1. The highest BCUT2D eigenvalue weighted by atomic mass is 32.2. The lowest BCUT2D eigenvalue weighted by Gasteiger charge is -2.34. The topological polar surface area (TPSA) is 139 Å². The molecule has 0 aliphatic rings. The fourth-order valence-electron chi connectivity index (χ4n) is 5.07. The van der Waals surface area contributed by atoms with E-state index in [1.165, 1.54) is 31.4 Å². The molecule has 3 rings (SSSR count). The van der Waals surface area contributed by atoms with Crippen molar-refractivity contribution >= 4 is 27.6 Å². The van der Waals surface area contributed by atoms with Crippen molar-refractivity contribution in [2.45, 2.75) is 61.8 Å². The van der Waals surface area contributed by atoms with Gasteiger partial charge < -0.3 is 20.9 Å². The maximum atomic E-state index is 15.7. The molecule has 0 heterocycles. The third kappa shape index (κ3) is 8.15. The molecule has 4 N–H and O–H groups in total. The highest BCUT2D eigenvalue weighted by Crippen LogP contribution is 2.31. The molecule has 0 aliphatic carbocycles. The summed E-state index contributed by atoms with van der Waals surface area (Å²) in [4.78, 5) is 26.0. The zero-order valence-electron chi connectivity index (χ0n) is 23.9. The van der Waals surface area contributed by atoms with Crippen LogP contribution in [0, 0.1) is 0 Å². The van der Waals surface area contributed by atoms with Gasteiger partial charge in [-0.15, -0.1) is 0 Å². The lowest BCUT2D eigenvalue weighted by molar-refractivity contribution is -0.122. The van der Waals surface area contributed by atoms with Crippen molar-refractivity contribution in [1.29, 1.82) is 0 Å². The molecule has 226 valence electrons. The van der Waals surface area contributed by atoms with Gasteiger partial charge >= 0.3 is 6.09 Å². The Morgan fingerprint density at radius 1 is 0.952 bits per heavy atom. The van der Waals surface area contributed by atoms with Gasteiger partial charge in [-0.05, 0) is 55.7 Å². The van der Waals surface area contributed by atoms with Gasteiger partial charge in [0.25, 0.3) is 0 Å². The number of carbonyl (C=O) groups excluding carboxylic acids is 2. The van der Waals surface area contributed by atoms with Gasteiger partial charge in [-0.3, -0.25) is 4.79 Å². The molecule has 3 aromatic rings. The molecule has 42 heavy (non-hydrogen) atoms. The summed E-state index contributed by atoms with van der Waals surface area (Å²) in [5, 5.41) is 12.8. The van der Waals surface area contributed by atoms with E-state index >= 15 is 4.39 Å². The van der Waals surface area contributed by atoms with Crippen LogP contribution >= 0.6 is 0 Å². The van der Waals surface area contributed by atoms with Crippen LogP contribution in [0.5, 0.6) is 0 Å². The average molecular weight is 600 g/mol. The lowest BCUT2D eigenvalue weighted by atomic mass is 9.82. The van der Waals surface area contributed by atoms with Crippen molar-refractivity contribution < 1.29 is 32.2 Å². The van der Waals surface area contributed by atoms with Crippen molar-refractivity contribution in [1.82, 2.24) is 9.62 Å². The van der Waals surface area contributed by atoms with Crippen LogP contribution in [-0.2, 0) is 19.6 Å². The number of nitrogens with two attached hydrogens (primary N) is 1. The largest absolute Gasteiger partial charge is 0.453 e. The number of alkyl halides is 1. The first kappa shape index (κ1) is 32.7. The summed E-state index contributed by atoms with van der Waals surface area (Å²) in [6.45, 7) is 2.58. The number of benzene rings is 3. The number of nitrogen functional groups attached to an aromatic ring is 1. The number of ether oxygens (including phenoxy) is 1. The Hall–Kier alpha value is -3.80. The molecule has 3 atom stereocenters. The van der Waals surface area contributed by atoms with E-state index in [-0.39, 0.29) is 4.90 Å². The van der Waals surface area contributed by atoms with Crippen LogP contribution in [0.3, 0.4) is 0 Å². The van der Waals surface area contributed by atoms with E-state index in [1.807, 2.05) is 36.4 Å². The first-order valence-corrected chi connectivity index (χ1v) is 15.0. The van der Waals surface area contributed by atoms with Crippen LogP contribution in [0.15, 0.2) is 89.8 Å². The van der Waals surface area contributed by atoms with Gasteiger partial charge in [0.2, 0.25) is 10.0 Å². The summed E-state index contributed by atoms with van der Waals surface area (Å²) in [5.41, 5.74) is 7.53. The Balaban J connectivity index is 1.89. The molecule has 0 aromatic heterocycles. The number of Topliss-reactive ketones (excluding diaryl/α,β-unsaturated/α-hetero) is 1. The summed E-state index contributed by atoms with van der Waals surface area (Å²) in [6.07, 6.45) is -3.75. The molecule has 0 bridgehead atoms. The number of aliphatic hydroxyl groups excluding tert-OH is 1. The minimum atomic E-state index is -4.13. The zero-order chi connectivity index (χ0) is 30.9. The molecule has 0 radical (unpaired) electrons. The van der Waals surface area contributed by atoms with Gasteiger partial charge in [-0.2, -0.15) is 4.31 Å². The SMILES string of the molecule is COC(=O)N[C@H](C(=O)CC(F)C[C@@H](CO)N(C(C)C)S(=O)(=O)c1ccc(N)cc1)C(c1ccccc1)c1ccccc1. The van der Waals surface area contributed by atoms with E-state index in [4.69, 9.17) is 10.5 Å². The number of nitrogens with one attached hydrogen (secondary N) is 1. The molecular weight excluding hydrogens is 561 g/mol. The highest BCUT2D eigenvalue weighted by Gasteiger charge is 2.37. The summed E-state index contributed by atoms with van der Waals surface area (Å²) >= 11 is 0. The average Bonchev–Trinajstić information content (AvgIpc) is 2.97. The Labute approximate surface area is 246 Å². The Bertz CT molecular complexity index is 1370. The Morgan fingerprint density at radius 3 is 1.93 bits per heavy atom. The molecule has 9 nitrogen and oxygen atoms in total. The number of nitrogens with zero attached hydrogens (tertiary/aromatic N) is 1. The standard InChI is InChI=1S/C31H38FN3O6S/c1-21(2)35(42(39,40)27-16-14-25(33)15-17-27)26(20-36)18-24(32)19-28(37)30(34-31(38)41-3)29(22-10-6-4-7-11-22)23-12-8-5-9-13-23/h4-17,21,24,26,29-30,36H,18-20,33H2,1-3H3,(H,34,38)/t24?,26-,30+/m0/s1. The number of carbonyl (C=O) groups is 2. The molecule has 1 unspecified atom stereocenters. The maximum Gasteiger partial charge on any atom is 0.407 e. The third-order valence-electron chi connectivity index (χ3n) is 6.94. The van der Waals surface area contributed by atoms with E-state index in [0.717, 1.165) is 15.4 Å². The van der Waals surface area contributed by atoms with Gasteiger partial charge in [-0.25, -0.2) is 17.6 Å². The van der Waals surface area contributed by atoms with Crippen molar-refractivity contribution in [3.05, 3.63) is 96.1 Å². The molecule has 0 fully saturated rings. The number of amides is 1. The maximum absolute atomic E-state index is 15.7. The summed E-state index contributed by atoms with van der Waals surface area (Å²) in [5.74, 6) is -1.27. The van der Waals surface area contributed by atoms with E-state index in [2.05, 4.69) is 5.32 Å². The van der Waals surface area contributed by atoms with Crippen LogP contribution in [0.1, 0.15) is 43.7 Å². The molecular formula is C31H38FN3O6S. The number of anilines is 1. The second kappa shape index (κ2) is 14.9. The molecule has 0 saturated heterocycles. The fourth-order valence-corrected chi connectivity index (χ4v) is 6.90. The number of methoxy groups -OCH3 is 1. The van der Waals surface area contributed by atoms with E-state index in [0.29, 0.717) is 5.69 Å². The van der Waals surface area contributed by atoms with Crippen molar-refractivity contribution in [2.24, 2.45) is 0 Å². The number of hydrogen-bond donors (Lipinski definition) is 3. The van der Waals surface area contributed by atoms with Crippen LogP contribution in [0.25, 0.3) is 0 Å². The molecule has 0 saturated carbocycles. The molecule has 0 spiro atoms. The first-order valence-electron chi connectivity index (χ1n) is 13.6. The molecule has 0 aliphatic heterocycles. The second-order valence-electron chi connectivity index (χ2n) is 10.3. The number of rotatable bonds is 14. The third-order valence-corrected chi connectivity index (χ3v) is 9.08. The quantitative estimate of drug-likeness (QED) is 0.235. The normalized spacial score (nSPS) is 14.0. The lowest BCUT2D eigenvalue weighted by Crippen LogP contribution is -2.49. The number of ketones is 1. The number of halogens is 1. The molecule has 3 aromatic carbocycles. The monoisotopic (exact) mass is 599 g/mol. The number of hydrogen-bond acceptors (Lipinski definition) is 7. The van der Waals surface area contributed by atoms with E-state index in [1.54, 1.807) is 38.1 Å². The second-order valence-corrected chi connectivity index (χ2v) is 12.1. The summed E-state index contributed by atoms with van der Waals surface area (Å²) in [7, 11) is -2.96. The highest BCUT2D eigenvalue weighted by molar-refractivity contribution is 7.89. The van der Waals surface area contributed by atoms with Crippen molar-refractivity contribution in [3.63, 3.8) is 0 Å². The smallest absolute Gasteiger partial charge is 0.407 e. The van der Waals surface area contributed by atoms with E-state index in [9.17, 15) is 23.1 Å². The van der Waals surface area contributed by atoms with Crippen LogP contribution in [0.4, 0.5) is 14.9 Å². The summed E-state index contributed by atoms with van der Waals surface area (Å²) < 4.78 is 48.5. The van der Waals surface area contributed by atoms with Gasteiger partial charge in [0, 0.05) is 24.1 Å². The minimum absolute atomic E-state index is 0.0498.